The number of hydrazine groups is 1. The topological polar surface area (TPSA) is 117 Å². The van der Waals surface area contributed by atoms with E-state index in [1.54, 1.807) is 4.68 Å². The Morgan fingerprint density at radius 2 is 1.92 bits per heavy atom. The maximum absolute atomic E-state index is 12.7. The highest BCUT2D eigenvalue weighted by molar-refractivity contribution is 5.93. The Bertz CT molecular complexity index is 1440. The number of hydrogen-bond donors (Lipinski definition) is 1. The molecule has 186 valence electrons. The number of amides is 1. The van der Waals surface area contributed by atoms with Crippen molar-refractivity contribution >= 4 is 22.9 Å². The van der Waals surface area contributed by atoms with E-state index in [0.717, 1.165) is 33.8 Å². The highest BCUT2D eigenvalue weighted by atomic mass is 16.2. The van der Waals surface area contributed by atoms with E-state index in [0.29, 0.717) is 44.6 Å². The number of nitrogens with one attached hydrogen (secondary N) is 1. The summed E-state index contributed by atoms with van der Waals surface area (Å²) in [5.41, 5.74) is 7.95. The molecule has 1 saturated heterocycles. The van der Waals surface area contributed by atoms with Gasteiger partial charge in [-0.05, 0) is 38.0 Å². The molecule has 2 aromatic heterocycles. The largest absolute Gasteiger partial charge is 0.353 e. The van der Waals surface area contributed by atoms with Gasteiger partial charge >= 0.3 is 0 Å². The number of nitrogens with zero attached hydrogens (tertiary/aromatic N) is 8. The second kappa shape index (κ2) is 8.61. The van der Waals surface area contributed by atoms with Gasteiger partial charge in [0.05, 0.1) is 35.6 Å². The van der Waals surface area contributed by atoms with Gasteiger partial charge in [0.25, 0.3) is 0 Å². The second-order valence-electron chi connectivity index (χ2n) is 10.0. The number of rotatable bonds is 4. The van der Waals surface area contributed by atoms with E-state index < -0.39 is 5.41 Å². The van der Waals surface area contributed by atoms with Crippen LogP contribution in [0.1, 0.15) is 30.9 Å². The van der Waals surface area contributed by atoms with Crippen LogP contribution in [-0.2, 0) is 11.8 Å². The minimum Gasteiger partial charge on any atom is -0.353 e. The molecule has 5 heterocycles. The zero-order valence-corrected chi connectivity index (χ0v) is 20.8. The van der Waals surface area contributed by atoms with Crippen molar-refractivity contribution in [2.45, 2.75) is 25.8 Å². The quantitative estimate of drug-likeness (QED) is 0.689. The summed E-state index contributed by atoms with van der Waals surface area (Å²) in [5.74, 6) is 0.825. The molecular formula is C27H27N9O. The Morgan fingerprint density at radius 1 is 1.14 bits per heavy atom. The van der Waals surface area contributed by atoms with Gasteiger partial charge in [0.15, 0.2) is 0 Å². The third-order valence-corrected chi connectivity index (χ3v) is 7.57. The third-order valence-electron chi connectivity index (χ3n) is 7.57. The first-order chi connectivity index (χ1) is 17.9. The molecule has 0 bridgehead atoms. The fraction of sp³-hybridized carbons (Fsp3) is 0.370. The Labute approximate surface area is 215 Å². The van der Waals surface area contributed by atoms with E-state index in [1.165, 1.54) is 0 Å². The predicted molar refractivity (Wildman–Crippen MR) is 137 cm³/mol. The summed E-state index contributed by atoms with van der Waals surface area (Å²) >= 11 is 0. The maximum atomic E-state index is 12.7. The van der Waals surface area contributed by atoms with Gasteiger partial charge < -0.3 is 9.80 Å². The number of piperazine rings is 1. The van der Waals surface area contributed by atoms with Gasteiger partial charge in [0, 0.05) is 74.1 Å². The van der Waals surface area contributed by atoms with E-state index in [2.05, 4.69) is 33.6 Å². The van der Waals surface area contributed by atoms with Crippen LogP contribution in [0.4, 0.5) is 5.82 Å². The molecule has 6 rings (SSSR count). The smallest absolute Gasteiger partial charge is 0.243 e. The van der Waals surface area contributed by atoms with Crippen LogP contribution in [0.3, 0.4) is 0 Å². The van der Waals surface area contributed by atoms with Crippen LogP contribution in [-0.4, -0.2) is 62.8 Å². The maximum Gasteiger partial charge on any atom is 0.243 e. The molecule has 0 radical (unpaired) electrons. The fourth-order valence-corrected chi connectivity index (χ4v) is 5.22. The number of allylic oxidation sites excluding steroid dienone is 3. The molecule has 10 heteroatoms. The van der Waals surface area contributed by atoms with Crippen LogP contribution in [0, 0.1) is 28.1 Å². The molecule has 1 aliphatic carbocycles. The number of aryl methyl sites for hydroxylation is 1. The number of pyridine rings is 1. The van der Waals surface area contributed by atoms with E-state index in [4.69, 9.17) is 4.98 Å². The van der Waals surface area contributed by atoms with Crippen molar-refractivity contribution in [3.63, 3.8) is 0 Å². The molecule has 1 atom stereocenters. The van der Waals surface area contributed by atoms with Crippen LogP contribution in [0.5, 0.6) is 0 Å². The average Bonchev–Trinajstić information content (AvgIpc) is 3.50. The lowest BCUT2D eigenvalue weighted by Crippen LogP contribution is -2.51. The third kappa shape index (κ3) is 3.87. The molecule has 0 aromatic carbocycles. The standard InChI is InChI=1S/C27H27N9O/c1-18-23(12-28)25-22(11-20(16-36(25)32-18)21-14-31-33(2)15-21)19-3-4-24(30-13-19)34-7-9-35(10-8-34)26(37)27(17-29)5-6-27/h3-4,11,13-16,18,32H,5-10H2,1-2H3. The Morgan fingerprint density at radius 3 is 2.51 bits per heavy atom. The summed E-state index contributed by atoms with van der Waals surface area (Å²) in [6.45, 7) is 4.51. The van der Waals surface area contributed by atoms with Crippen LogP contribution in [0.2, 0.25) is 0 Å². The molecule has 1 saturated carbocycles. The number of carbonyl (C=O) groups excluding carboxylic acids is 1. The van der Waals surface area contributed by atoms with Gasteiger partial charge in [-0.2, -0.15) is 15.6 Å². The van der Waals surface area contributed by atoms with E-state index in [9.17, 15) is 15.3 Å². The highest BCUT2D eigenvalue weighted by Gasteiger charge is 2.52. The van der Waals surface area contributed by atoms with Crippen molar-refractivity contribution in [2.24, 2.45) is 12.5 Å². The SMILES string of the molecule is CC1NN2C=C(c3cnn(C)c3)C=C(c3ccc(N4CCN(C(=O)C5(C#N)CC5)CC4)nc3)C2=C1C#N. The van der Waals surface area contributed by atoms with Gasteiger partial charge in [0.2, 0.25) is 5.91 Å². The van der Waals surface area contributed by atoms with Gasteiger partial charge in [-0.25, -0.2) is 10.4 Å². The first-order valence-electron chi connectivity index (χ1n) is 12.5. The lowest BCUT2D eigenvalue weighted by atomic mass is 9.93. The number of hydrogen-bond acceptors (Lipinski definition) is 8. The number of nitriles is 2. The average molecular weight is 494 g/mol. The first kappa shape index (κ1) is 23.0. The zero-order chi connectivity index (χ0) is 25.7. The number of aromatic nitrogens is 3. The Hall–Kier alpha value is -4.41. The molecule has 1 amide bonds. The molecule has 4 aliphatic rings. The predicted octanol–water partition coefficient (Wildman–Crippen LogP) is 2.19. The summed E-state index contributed by atoms with van der Waals surface area (Å²) in [5, 5.41) is 25.5. The number of carbonyl (C=O) groups is 1. The first-order valence-corrected chi connectivity index (χ1v) is 12.5. The van der Waals surface area contributed by atoms with E-state index >= 15 is 0 Å². The highest BCUT2D eigenvalue weighted by Crippen LogP contribution is 2.46. The molecule has 1 N–H and O–H groups in total. The van der Waals surface area contributed by atoms with Crippen molar-refractivity contribution in [3.05, 3.63) is 65.4 Å². The van der Waals surface area contributed by atoms with Gasteiger partial charge in [-0.3, -0.25) is 14.5 Å². The van der Waals surface area contributed by atoms with Gasteiger partial charge in [-0.1, -0.05) is 0 Å². The molecule has 10 nitrogen and oxygen atoms in total. The lowest BCUT2D eigenvalue weighted by Gasteiger charge is -2.36. The molecular weight excluding hydrogens is 466 g/mol. The van der Waals surface area contributed by atoms with Crippen LogP contribution in [0.25, 0.3) is 11.1 Å². The Balaban J connectivity index is 1.25. The summed E-state index contributed by atoms with van der Waals surface area (Å²) in [6.07, 6.45) is 11.1. The minimum absolute atomic E-state index is 0.0230. The van der Waals surface area contributed by atoms with Gasteiger partial charge in [-0.15, -0.1) is 0 Å². The molecule has 1 unspecified atom stereocenters. The van der Waals surface area contributed by atoms with E-state index in [-0.39, 0.29) is 11.9 Å². The normalized spacial score (nSPS) is 22.2. The second-order valence-corrected chi connectivity index (χ2v) is 10.0. The number of anilines is 1. The molecule has 3 aliphatic heterocycles. The van der Waals surface area contributed by atoms with Crippen LogP contribution < -0.4 is 10.3 Å². The van der Waals surface area contributed by atoms with Crippen molar-refractivity contribution in [3.8, 4) is 12.1 Å². The molecule has 37 heavy (non-hydrogen) atoms. The van der Waals surface area contributed by atoms with Crippen molar-refractivity contribution in [1.29, 1.82) is 10.5 Å². The zero-order valence-electron chi connectivity index (χ0n) is 20.8. The minimum atomic E-state index is -0.768. The summed E-state index contributed by atoms with van der Waals surface area (Å²) < 4.78 is 1.77. The lowest BCUT2D eigenvalue weighted by molar-refractivity contribution is -0.135. The summed E-state index contributed by atoms with van der Waals surface area (Å²) in [4.78, 5) is 21.4. The number of fused-ring (bicyclic) bond motifs is 1. The van der Waals surface area contributed by atoms with E-state index in [1.807, 2.05) is 60.8 Å². The van der Waals surface area contributed by atoms with Gasteiger partial charge in [0.1, 0.15) is 11.2 Å². The van der Waals surface area contributed by atoms with Crippen LogP contribution >= 0.6 is 0 Å². The van der Waals surface area contributed by atoms with Crippen LogP contribution in [0.15, 0.2) is 54.3 Å². The molecule has 0 spiro atoms. The summed E-state index contributed by atoms with van der Waals surface area (Å²) in [6, 6.07) is 8.51. The Kier molecular flexibility index (Phi) is 5.36. The summed E-state index contributed by atoms with van der Waals surface area (Å²) in [7, 11) is 1.89. The van der Waals surface area contributed by atoms with Crippen molar-refractivity contribution in [2.75, 3.05) is 31.1 Å². The fourth-order valence-electron chi connectivity index (χ4n) is 5.22. The monoisotopic (exact) mass is 493 g/mol. The van der Waals surface area contributed by atoms with Crippen molar-refractivity contribution in [1.82, 2.24) is 30.1 Å². The molecule has 2 aromatic rings. The molecule has 2 fully saturated rings. The van der Waals surface area contributed by atoms with Crippen molar-refractivity contribution < 1.29 is 4.79 Å².